The molecule has 0 aromatic rings. The summed E-state index contributed by atoms with van der Waals surface area (Å²) in [4.78, 5) is 0. The van der Waals surface area contributed by atoms with Crippen LogP contribution in [-0.4, -0.2) is 0 Å². The second-order valence-electron chi connectivity index (χ2n) is 3.83. The van der Waals surface area contributed by atoms with Gasteiger partial charge in [0.1, 0.15) is 0 Å². The molecule has 0 saturated heterocycles. The summed E-state index contributed by atoms with van der Waals surface area (Å²) >= 11 is 0. The van der Waals surface area contributed by atoms with E-state index in [1.807, 2.05) is 0 Å². The fraction of sp³-hybridized carbons (Fsp3) is 0.833. The van der Waals surface area contributed by atoms with Crippen LogP contribution < -0.4 is 0 Å². The summed E-state index contributed by atoms with van der Waals surface area (Å²) in [5.41, 5.74) is 1.34. The minimum Gasteiger partial charge on any atom is -0.100 e. The van der Waals surface area contributed by atoms with Crippen molar-refractivity contribution < 1.29 is 0 Å². The van der Waals surface area contributed by atoms with Gasteiger partial charge < -0.3 is 0 Å². The Kier molecular flexibility index (Phi) is 8.64. The maximum absolute atomic E-state index is 3.90. The summed E-state index contributed by atoms with van der Waals surface area (Å²) < 4.78 is 0. The quantitative estimate of drug-likeness (QED) is 0.364. The second kappa shape index (κ2) is 8.83. The van der Waals surface area contributed by atoms with E-state index < -0.39 is 0 Å². The number of hydrogen-bond donors (Lipinski definition) is 0. The first kappa shape index (κ1) is 11.7. The zero-order valence-electron chi connectivity index (χ0n) is 8.86. The number of hydrogen-bond acceptors (Lipinski definition) is 0. The van der Waals surface area contributed by atoms with Gasteiger partial charge in [0.25, 0.3) is 0 Å². The van der Waals surface area contributed by atoms with E-state index in [0.717, 1.165) is 0 Å². The van der Waals surface area contributed by atoms with Crippen LogP contribution in [-0.2, 0) is 0 Å². The maximum Gasteiger partial charge on any atom is -0.0326 e. The van der Waals surface area contributed by atoms with Crippen LogP contribution in [0.1, 0.15) is 65.2 Å². The molecule has 0 fully saturated rings. The Morgan fingerprint density at radius 3 is 1.92 bits per heavy atom. The third kappa shape index (κ3) is 9.74. The Balaban J connectivity index is 2.86. The average molecular weight is 168 g/mol. The van der Waals surface area contributed by atoms with Crippen LogP contribution in [0.5, 0.6) is 0 Å². The molecule has 0 radical (unpaired) electrons. The summed E-state index contributed by atoms with van der Waals surface area (Å²) in [6.07, 6.45) is 11.0. The van der Waals surface area contributed by atoms with Crippen LogP contribution in [0.15, 0.2) is 12.2 Å². The lowest BCUT2D eigenvalue weighted by molar-refractivity contribution is 0.589. The van der Waals surface area contributed by atoms with Crippen LogP contribution in [0.25, 0.3) is 0 Å². The molecule has 0 aliphatic heterocycles. The van der Waals surface area contributed by atoms with Gasteiger partial charge in [-0.2, -0.15) is 0 Å². The third-order valence-corrected chi connectivity index (χ3v) is 2.21. The molecule has 0 aliphatic rings. The van der Waals surface area contributed by atoms with Gasteiger partial charge in [0.15, 0.2) is 0 Å². The first-order valence-electron chi connectivity index (χ1n) is 5.41. The van der Waals surface area contributed by atoms with Crippen molar-refractivity contribution in [3.8, 4) is 0 Å². The fourth-order valence-corrected chi connectivity index (χ4v) is 1.38. The van der Waals surface area contributed by atoms with Crippen molar-refractivity contribution in [3.63, 3.8) is 0 Å². The fourth-order valence-electron chi connectivity index (χ4n) is 1.38. The molecule has 0 aromatic carbocycles. The first-order chi connectivity index (χ1) is 5.77. The van der Waals surface area contributed by atoms with Crippen LogP contribution in [0.4, 0.5) is 0 Å². The summed E-state index contributed by atoms with van der Waals surface area (Å²) in [6.45, 7) is 8.29. The van der Waals surface area contributed by atoms with Crippen molar-refractivity contribution in [1.29, 1.82) is 0 Å². The standard InChI is InChI=1S/C12H24/c1-4-5-6-7-8-9-10-11-12(2)3/h2,4-11H2,1,3H3. The third-order valence-electron chi connectivity index (χ3n) is 2.21. The molecule has 0 nitrogen and oxygen atoms in total. The minimum atomic E-state index is 1.23. The van der Waals surface area contributed by atoms with E-state index in [2.05, 4.69) is 20.4 Å². The summed E-state index contributed by atoms with van der Waals surface area (Å²) in [5.74, 6) is 0. The molecular formula is C12H24. The van der Waals surface area contributed by atoms with Crippen molar-refractivity contribution in [2.75, 3.05) is 0 Å². The number of allylic oxidation sites excluding steroid dienone is 1. The van der Waals surface area contributed by atoms with Gasteiger partial charge in [-0.3, -0.25) is 0 Å². The van der Waals surface area contributed by atoms with Gasteiger partial charge in [-0.1, -0.05) is 51.0 Å². The molecule has 0 spiro atoms. The summed E-state index contributed by atoms with van der Waals surface area (Å²) in [6, 6.07) is 0. The maximum atomic E-state index is 3.90. The Morgan fingerprint density at radius 1 is 0.917 bits per heavy atom. The molecule has 0 unspecified atom stereocenters. The SMILES string of the molecule is C=C(C)CCCCCCCCC. The Bertz CT molecular complexity index is 103. The van der Waals surface area contributed by atoms with Crippen molar-refractivity contribution in [2.24, 2.45) is 0 Å². The van der Waals surface area contributed by atoms with Gasteiger partial charge in [0.2, 0.25) is 0 Å². The van der Waals surface area contributed by atoms with Gasteiger partial charge in [-0.25, -0.2) is 0 Å². The van der Waals surface area contributed by atoms with Gasteiger partial charge in [-0.05, 0) is 19.8 Å². The molecule has 0 amide bonds. The first-order valence-corrected chi connectivity index (χ1v) is 5.41. The van der Waals surface area contributed by atoms with Crippen molar-refractivity contribution >= 4 is 0 Å². The molecule has 0 atom stereocenters. The van der Waals surface area contributed by atoms with E-state index in [0.29, 0.717) is 0 Å². The van der Waals surface area contributed by atoms with E-state index in [4.69, 9.17) is 0 Å². The molecule has 0 heterocycles. The molecule has 0 heteroatoms. The Morgan fingerprint density at radius 2 is 1.42 bits per heavy atom. The van der Waals surface area contributed by atoms with E-state index in [1.54, 1.807) is 0 Å². The van der Waals surface area contributed by atoms with E-state index in [9.17, 15) is 0 Å². The van der Waals surface area contributed by atoms with Crippen LogP contribution >= 0.6 is 0 Å². The summed E-state index contributed by atoms with van der Waals surface area (Å²) in [7, 11) is 0. The van der Waals surface area contributed by atoms with Crippen LogP contribution in [0, 0.1) is 0 Å². The van der Waals surface area contributed by atoms with Crippen LogP contribution in [0.3, 0.4) is 0 Å². The molecule has 12 heavy (non-hydrogen) atoms. The van der Waals surface area contributed by atoms with Gasteiger partial charge in [-0.15, -0.1) is 6.58 Å². The Hall–Kier alpha value is -0.260. The smallest absolute Gasteiger partial charge is 0.0326 e. The highest BCUT2D eigenvalue weighted by Crippen LogP contribution is 2.10. The van der Waals surface area contributed by atoms with Crippen molar-refractivity contribution in [3.05, 3.63) is 12.2 Å². The summed E-state index contributed by atoms with van der Waals surface area (Å²) in [5, 5.41) is 0. The highest BCUT2D eigenvalue weighted by atomic mass is 14.0. The predicted molar refractivity (Wildman–Crippen MR) is 57.4 cm³/mol. The minimum absolute atomic E-state index is 1.23. The predicted octanol–water partition coefficient (Wildman–Crippen LogP) is 4.70. The topological polar surface area (TPSA) is 0 Å². The molecule has 0 N–H and O–H groups in total. The molecule has 72 valence electrons. The van der Waals surface area contributed by atoms with E-state index in [-0.39, 0.29) is 0 Å². The number of unbranched alkanes of at least 4 members (excludes halogenated alkanes) is 6. The number of rotatable bonds is 8. The molecule has 0 saturated carbocycles. The lowest BCUT2D eigenvalue weighted by atomic mass is 10.1. The molecule has 0 bridgehead atoms. The van der Waals surface area contributed by atoms with Gasteiger partial charge in [0, 0.05) is 0 Å². The monoisotopic (exact) mass is 168 g/mol. The lowest BCUT2D eigenvalue weighted by Gasteiger charge is -2.00. The average Bonchev–Trinajstić information content (AvgIpc) is 2.02. The zero-order valence-corrected chi connectivity index (χ0v) is 8.86. The van der Waals surface area contributed by atoms with E-state index in [1.165, 1.54) is 56.9 Å². The Labute approximate surface area is 78.1 Å². The second-order valence-corrected chi connectivity index (χ2v) is 3.83. The van der Waals surface area contributed by atoms with Crippen molar-refractivity contribution in [2.45, 2.75) is 65.2 Å². The van der Waals surface area contributed by atoms with Gasteiger partial charge >= 0.3 is 0 Å². The largest absolute Gasteiger partial charge is 0.100 e. The molecule has 0 rings (SSSR count). The van der Waals surface area contributed by atoms with E-state index >= 15 is 0 Å². The van der Waals surface area contributed by atoms with Crippen LogP contribution in [0.2, 0.25) is 0 Å². The lowest BCUT2D eigenvalue weighted by Crippen LogP contribution is -1.80. The van der Waals surface area contributed by atoms with Crippen molar-refractivity contribution in [1.82, 2.24) is 0 Å². The molecule has 0 aromatic heterocycles. The highest BCUT2D eigenvalue weighted by Gasteiger charge is 1.90. The highest BCUT2D eigenvalue weighted by molar-refractivity contribution is 4.86. The molecule has 0 aliphatic carbocycles. The molecular weight excluding hydrogens is 144 g/mol. The zero-order chi connectivity index (χ0) is 9.23. The van der Waals surface area contributed by atoms with Gasteiger partial charge in [0.05, 0.1) is 0 Å². The normalized spacial score (nSPS) is 10.2.